The van der Waals surface area contributed by atoms with E-state index in [1.807, 2.05) is 24.3 Å². The minimum atomic E-state index is -0.937. The quantitative estimate of drug-likeness (QED) is 0.723. The van der Waals surface area contributed by atoms with Gasteiger partial charge in [-0.3, -0.25) is 0 Å². The van der Waals surface area contributed by atoms with E-state index in [0.29, 0.717) is 0 Å². The van der Waals surface area contributed by atoms with Crippen LogP contribution in [-0.4, -0.2) is 15.6 Å². The zero-order chi connectivity index (χ0) is 15.5. The van der Waals surface area contributed by atoms with E-state index in [1.165, 1.54) is 10.9 Å². The molecule has 3 rings (SSSR count). The van der Waals surface area contributed by atoms with Crippen molar-refractivity contribution in [1.82, 2.24) is 4.57 Å². The lowest BCUT2D eigenvalue weighted by molar-refractivity contribution is -0.131. The molecular weight excluding hydrogens is 274 g/mol. The summed E-state index contributed by atoms with van der Waals surface area (Å²) in [5.41, 5.74) is 4.31. The van der Waals surface area contributed by atoms with Gasteiger partial charge in [0.15, 0.2) is 0 Å². The second-order valence-corrected chi connectivity index (χ2v) is 5.17. The lowest BCUT2D eigenvalue weighted by Crippen LogP contribution is -1.91. The molecule has 0 aliphatic rings. The second kappa shape index (κ2) is 5.90. The molecule has 0 fully saturated rings. The molecule has 0 saturated carbocycles. The number of aliphatic carboxylic acids is 1. The lowest BCUT2D eigenvalue weighted by Gasteiger charge is -2.06. The Morgan fingerprint density at radius 1 is 1.14 bits per heavy atom. The predicted molar refractivity (Wildman–Crippen MR) is 89.7 cm³/mol. The van der Waals surface area contributed by atoms with Gasteiger partial charge in [-0.1, -0.05) is 30.3 Å². The average molecular weight is 291 g/mol. The zero-order valence-electron chi connectivity index (χ0n) is 12.4. The summed E-state index contributed by atoms with van der Waals surface area (Å²) in [6.45, 7) is 3.07. The van der Waals surface area contributed by atoms with E-state index in [1.54, 1.807) is 6.08 Å². The molecule has 1 aromatic heterocycles. The minimum Gasteiger partial charge on any atom is -0.478 e. The van der Waals surface area contributed by atoms with E-state index < -0.39 is 5.97 Å². The smallest absolute Gasteiger partial charge is 0.328 e. The molecule has 0 amide bonds. The Morgan fingerprint density at radius 2 is 1.95 bits per heavy atom. The molecule has 22 heavy (non-hydrogen) atoms. The number of fused-ring (bicyclic) bond motifs is 1. The van der Waals surface area contributed by atoms with Crippen molar-refractivity contribution < 1.29 is 9.90 Å². The van der Waals surface area contributed by atoms with Gasteiger partial charge in [0.1, 0.15) is 0 Å². The molecule has 1 N–H and O–H groups in total. The van der Waals surface area contributed by atoms with Gasteiger partial charge in [0.25, 0.3) is 0 Å². The summed E-state index contributed by atoms with van der Waals surface area (Å²) in [6.07, 6.45) is 4.87. The summed E-state index contributed by atoms with van der Waals surface area (Å²) in [7, 11) is 0. The van der Waals surface area contributed by atoms with Crippen LogP contribution in [0.2, 0.25) is 0 Å². The van der Waals surface area contributed by atoms with Crippen LogP contribution >= 0.6 is 0 Å². The number of hydrogen-bond donors (Lipinski definition) is 1. The predicted octanol–water partition coefficient (Wildman–Crippen LogP) is 4.43. The van der Waals surface area contributed by atoms with Crippen LogP contribution in [0.25, 0.3) is 28.1 Å². The normalized spacial score (nSPS) is 11.3. The summed E-state index contributed by atoms with van der Waals surface area (Å²) in [4.78, 5) is 10.6. The summed E-state index contributed by atoms with van der Waals surface area (Å²) in [6, 6.07) is 16.4. The van der Waals surface area contributed by atoms with Crippen LogP contribution in [0.4, 0.5) is 0 Å². The van der Waals surface area contributed by atoms with Crippen molar-refractivity contribution in [2.45, 2.75) is 13.5 Å². The Labute approximate surface area is 129 Å². The number of hydrogen-bond acceptors (Lipinski definition) is 1. The fourth-order valence-corrected chi connectivity index (χ4v) is 2.63. The number of benzene rings is 2. The van der Waals surface area contributed by atoms with Crippen LogP contribution in [-0.2, 0) is 11.3 Å². The van der Waals surface area contributed by atoms with Crippen LogP contribution in [0, 0.1) is 0 Å². The van der Waals surface area contributed by atoms with Gasteiger partial charge < -0.3 is 9.67 Å². The molecule has 2 aromatic carbocycles. The standard InChI is InChI=1S/C19H17NO2/c1-2-20-11-10-15-7-8-17(13-18(15)20)16-5-3-4-14(12-16)6-9-19(21)22/h3-13H,2H2,1H3,(H,21,22). The van der Waals surface area contributed by atoms with Gasteiger partial charge in [-0.25, -0.2) is 4.79 Å². The number of aryl methyl sites for hydroxylation is 1. The van der Waals surface area contributed by atoms with Crippen LogP contribution in [0.5, 0.6) is 0 Å². The molecule has 1 heterocycles. The molecule has 0 saturated heterocycles. The molecule has 0 unspecified atom stereocenters. The molecule has 0 spiro atoms. The van der Waals surface area contributed by atoms with Crippen molar-refractivity contribution in [2.75, 3.05) is 0 Å². The second-order valence-electron chi connectivity index (χ2n) is 5.17. The van der Waals surface area contributed by atoms with Crippen molar-refractivity contribution in [3.63, 3.8) is 0 Å². The minimum absolute atomic E-state index is 0.880. The van der Waals surface area contributed by atoms with Gasteiger partial charge in [-0.05, 0) is 53.3 Å². The first-order chi connectivity index (χ1) is 10.7. The maximum absolute atomic E-state index is 10.6. The molecular formula is C19H17NO2. The molecule has 110 valence electrons. The Morgan fingerprint density at radius 3 is 2.73 bits per heavy atom. The molecule has 0 bridgehead atoms. The van der Waals surface area contributed by atoms with Gasteiger partial charge in [-0.2, -0.15) is 0 Å². The van der Waals surface area contributed by atoms with Crippen molar-refractivity contribution in [1.29, 1.82) is 0 Å². The fourth-order valence-electron chi connectivity index (χ4n) is 2.63. The van der Waals surface area contributed by atoms with Gasteiger partial charge >= 0.3 is 5.97 Å². The Bertz CT molecular complexity index is 859. The topological polar surface area (TPSA) is 42.2 Å². The van der Waals surface area contributed by atoms with E-state index in [2.05, 4.69) is 42.0 Å². The van der Waals surface area contributed by atoms with Crippen LogP contribution in [0.15, 0.2) is 60.8 Å². The monoisotopic (exact) mass is 291 g/mol. The Kier molecular flexibility index (Phi) is 3.79. The van der Waals surface area contributed by atoms with E-state index in [0.717, 1.165) is 29.3 Å². The first-order valence-corrected chi connectivity index (χ1v) is 7.27. The Hall–Kier alpha value is -2.81. The van der Waals surface area contributed by atoms with Gasteiger partial charge in [0.05, 0.1) is 0 Å². The molecule has 0 aliphatic heterocycles. The Balaban J connectivity index is 2.03. The number of carboxylic acids is 1. The highest BCUT2D eigenvalue weighted by molar-refractivity contribution is 5.87. The van der Waals surface area contributed by atoms with E-state index in [-0.39, 0.29) is 0 Å². The van der Waals surface area contributed by atoms with Crippen LogP contribution in [0.1, 0.15) is 12.5 Å². The van der Waals surface area contributed by atoms with Crippen molar-refractivity contribution in [3.05, 3.63) is 66.4 Å². The third kappa shape index (κ3) is 2.79. The first-order valence-electron chi connectivity index (χ1n) is 7.27. The maximum atomic E-state index is 10.6. The van der Waals surface area contributed by atoms with Crippen molar-refractivity contribution >= 4 is 22.9 Å². The molecule has 3 nitrogen and oxygen atoms in total. The molecule has 0 aliphatic carbocycles. The first kappa shape index (κ1) is 14.1. The summed E-state index contributed by atoms with van der Waals surface area (Å²) >= 11 is 0. The largest absolute Gasteiger partial charge is 0.478 e. The molecule has 0 radical (unpaired) electrons. The zero-order valence-corrected chi connectivity index (χ0v) is 12.4. The number of carboxylic acid groups (broad SMARTS) is 1. The lowest BCUT2D eigenvalue weighted by atomic mass is 10.0. The van der Waals surface area contributed by atoms with Crippen LogP contribution in [0.3, 0.4) is 0 Å². The fraction of sp³-hybridized carbons (Fsp3) is 0.105. The number of rotatable bonds is 4. The number of carbonyl (C=O) groups is 1. The molecule has 0 atom stereocenters. The summed E-state index contributed by atoms with van der Waals surface area (Å²) in [5, 5.41) is 9.95. The molecule has 3 heteroatoms. The van der Waals surface area contributed by atoms with Gasteiger partial charge in [0, 0.05) is 24.3 Å². The summed E-state index contributed by atoms with van der Waals surface area (Å²) in [5.74, 6) is -0.937. The van der Waals surface area contributed by atoms with Crippen molar-refractivity contribution in [2.24, 2.45) is 0 Å². The highest BCUT2D eigenvalue weighted by atomic mass is 16.4. The SMILES string of the molecule is CCn1ccc2ccc(-c3cccc(C=CC(=O)O)c3)cc21. The average Bonchev–Trinajstić information content (AvgIpc) is 2.95. The van der Waals surface area contributed by atoms with E-state index >= 15 is 0 Å². The third-order valence-corrected chi connectivity index (χ3v) is 3.75. The third-order valence-electron chi connectivity index (χ3n) is 3.75. The van der Waals surface area contributed by atoms with E-state index in [9.17, 15) is 4.79 Å². The van der Waals surface area contributed by atoms with Gasteiger partial charge in [-0.15, -0.1) is 0 Å². The molecule has 3 aromatic rings. The highest BCUT2D eigenvalue weighted by Gasteiger charge is 2.03. The van der Waals surface area contributed by atoms with E-state index in [4.69, 9.17) is 5.11 Å². The van der Waals surface area contributed by atoms with Crippen LogP contribution < -0.4 is 0 Å². The number of aromatic nitrogens is 1. The summed E-state index contributed by atoms with van der Waals surface area (Å²) < 4.78 is 2.22. The highest BCUT2D eigenvalue weighted by Crippen LogP contribution is 2.26. The van der Waals surface area contributed by atoms with Gasteiger partial charge in [0.2, 0.25) is 0 Å². The maximum Gasteiger partial charge on any atom is 0.328 e. The number of nitrogens with zero attached hydrogens (tertiary/aromatic N) is 1. The van der Waals surface area contributed by atoms with Crippen molar-refractivity contribution in [3.8, 4) is 11.1 Å².